The number of hydrogen-bond donors (Lipinski definition) is 2. The number of imidazole rings is 1. The van der Waals surface area contributed by atoms with Crippen molar-refractivity contribution < 1.29 is 19.1 Å². The van der Waals surface area contributed by atoms with E-state index in [4.69, 9.17) is 25.2 Å². The number of aryl methyl sites for hydroxylation is 1. The van der Waals surface area contributed by atoms with Gasteiger partial charge in [0.05, 0.1) is 30.6 Å². The molecule has 2 saturated carbocycles. The van der Waals surface area contributed by atoms with Crippen molar-refractivity contribution in [2.45, 2.75) is 51.2 Å². The Morgan fingerprint density at radius 3 is 2.59 bits per heavy atom. The van der Waals surface area contributed by atoms with Gasteiger partial charge in [0.15, 0.2) is 5.82 Å². The van der Waals surface area contributed by atoms with E-state index in [0.717, 1.165) is 69.6 Å². The Morgan fingerprint density at radius 2 is 1.86 bits per heavy atom. The van der Waals surface area contributed by atoms with Gasteiger partial charge in [-0.2, -0.15) is 0 Å². The predicted molar refractivity (Wildman–Crippen MR) is 187 cm³/mol. The van der Waals surface area contributed by atoms with Gasteiger partial charge in [-0.3, -0.25) is 4.79 Å². The molecule has 2 aromatic carbocycles. The second-order valence-electron chi connectivity index (χ2n) is 13.9. The lowest BCUT2D eigenvalue weighted by Crippen LogP contribution is -2.41. The summed E-state index contributed by atoms with van der Waals surface area (Å²) in [5, 5.41) is 1.95. The van der Waals surface area contributed by atoms with Crippen LogP contribution in [0.2, 0.25) is 0 Å². The van der Waals surface area contributed by atoms with Gasteiger partial charge < -0.3 is 34.2 Å². The Labute approximate surface area is 283 Å². The molecule has 250 valence electrons. The van der Waals surface area contributed by atoms with E-state index in [2.05, 4.69) is 32.3 Å². The molecule has 1 saturated heterocycles. The number of methoxy groups -OCH3 is 1. The normalized spacial score (nSPS) is 20.2. The highest BCUT2D eigenvalue weighted by Crippen LogP contribution is 2.40. The standard InChI is InChI=1S/C38H39N7O4/c1-4-49-38(47)29-14-24-13-21(7-10-27(24)40-29)26-11-8-22-16-31(44(35(22)41-26)18-20-5-6-20)36-42-28-15-25(17-32(48-3)34(28)43(36)2)37(46)45-19-23-9-12-30(45)33(23)39/h7-8,10-11,13-17,20,23,30,33,40H,4-6,9,12,18-19,39H2,1-3H3. The number of nitrogens with two attached hydrogens (primary N) is 1. The Hall–Kier alpha value is -5.16. The molecule has 3 N–H and O–H groups in total. The maximum Gasteiger partial charge on any atom is 0.354 e. The first-order valence-corrected chi connectivity index (χ1v) is 17.2. The Bertz CT molecular complexity index is 2310. The topological polar surface area (TPSA) is 133 Å². The third-order valence-corrected chi connectivity index (χ3v) is 10.8. The number of nitrogens with one attached hydrogen (secondary N) is 1. The number of pyridine rings is 1. The fourth-order valence-electron chi connectivity index (χ4n) is 8.09. The highest BCUT2D eigenvalue weighted by atomic mass is 16.5. The highest BCUT2D eigenvalue weighted by molar-refractivity contribution is 6.01. The van der Waals surface area contributed by atoms with Crippen LogP contribution in [0.15, 0.2) is 54.6 Å². The molecule has 0 spiro atoms. The summed E-state index contributed by atoms with van der Waals surface area (Å²) in [5.41, 5.74) is 13.5. The first-order valence-electron chi connectivity index (χ1n) is 17.2. The Kier molecular flexibility index (Phi) is 6.84. The summed E-state index contributed by atoms with van der Waals surface area (Å²) in [7, 11) is 3.64. The molecule has 49 heavy (non-hydrogen) atoms. The number of benzene rings is 2. The first kappa shape index (κ1) is 29.9. The fraction of sp³-hybridized carbons (Fsp3) is 0.368. The number of nitrogens with zero attached hydrogens (tertiary/aromatic N) is 5. The van der Waals surface area contributed by atoms with E-state index in [9.17, 15) is 9.59 Å². The smallest absolute Gasteiger partial charge is 0.354 e. The van der Waals surface area contributed by atoms with Gasteiger partial charge in [0.25, 0.3) is 5.91 Å². The molecule has 4 aromatic heterocycles. The van der Waals surface area contributed by atoms with Crippen molar-refractivity contribution in [1.29, 1.82) is 0 Å². The molecule has 3 atom stereocenters. The SMILES string of the molecule is CCOC(=O)c1cc2cc(-c3ccc4cc(-c5nc6cc(C(=O)N7CC8CCC7C8N)cc(OC)c6n5C)n(CC5CC5)c4n3)ccc2[nH]1. The summed E-state index contributed by atoms with van der Waals surface area (Å²) in [5.74, 6) is 2.00. The lowest BCUT2D eigenvalue weighted by atomic mass is 10.1. The van der Waals surface area contributed by atoms with Crippen LogP contribution in [0, 0.1) is 11.8 Å². The van der Waals surface area contributed by atoms with Crippen molar-refractivity contribution in [3.63, 3.8) is 0 Å². The third-order valence-electron chi connectivity index (χ3n) is 10.8. The monoisotopic (exact) mass is 657 g/mol. The molecule has 3 aliphatic rings. The number of piperidine rings is 1. The molecule has 3 unspecified atom stereocenters. The molecule has 3 fully saturated rings. The molecule has 6 aromatic rings. The average molecular weight is 658 g/mol. The number of esters is 1. The van der Waals surface area contributed by atoms with Gasteiger partial charge in [-0.1, -0.05) is 6.07 Å². The maximum absolute atomic E-state index is 13.8. The number of H-pyrrole nitrogens is 1. The van der Waals surface area contributed by atoms with Crippen molar-refractivity contribution in [2.24, 2.45) is 24.6 Å². The number of aromatic nitrogens is 5. The molecule has 5 heterocycles. The van der Waals surface area contributed by atoms with E-state index in [1.165, 1.54) is 12.8 Å². The number of rotatable bonds is 8. The summed E-state index contributed by atoms with van der Waals surface area (Å²) >= 11 is 0. The molecular weight excluding hydrogens is 618 g/mol. The molecular formula is C38H39N7O4. The fourth-order valence-corrected chi connectivity index (χ4v) is 8.09. The van der Waals surface area contributed by atoms with Gasteiger partial charge in [0.2, 0.25) is 0 Å². The summed E-state index contributed by atoms with van der Waals surface area (Å²) in [4.78, 5) is 41.6. The van der Waals surface area contributed by atoms with Gasteiger partial charge in [-0.05, 0) is 93.0 Å². The summed E-state index contributed by atoms with van der Waals surface area (Å²) in [6, 6.07) is 18.1. The molecule has 1 aliphatic heterocycles. The zero-order chi connectivity index (χ0) is 33.6. The van der Waals surface area contributed by atoms with Gasteiger partial charge in [-0.15, -0.1) is 0 Å². The number of aromatic amines is 1. The van der Waals surface area contributed by atoms with E-state index >= 15 is 0 Å². The van der Waals surface area contributed by atoms with E-state index in [-0.39, 0.29) is 24.0 Å². The molecule has 2 bridgehead atoms. The second kappa shape index (κ2) is 11.2. The number of ether oxygens (including phenoxy) is 2. The minimum Gasteiger partial charge on any atom is -0.494 e. The number of carbonyl (C=O) groups excluding carboxylic acids is 2. The molecule has 0 radical (unpaired) electrons. The van der Waals surface area contributed by atoms with Gasteiger partial charge in [-0.25, -0.2) is 14.8 Å². The lowest BCUT2D eigenvalue weighted by Gasteiger charge is -2.27. The third kappa shape index (κ3) is 4.81. The largest absolute Gasteiger partial charge is 0.494 e. The van der Waals surface area contributed by atoms with Crippen LogP contribution in [0.1, 0.15) is 53.5 Å². The van der Waals surface area contributed by atoms with Crippen molar-refractivity contribution in [3.8, 4) is 28.5 Å². The van der Waals surface area contributed by atoms with Crippen LogP contribution >= 0.6 is 0 Å². The lowest BCUT2D eigenvalue weighted by molar-refractivity contribution is 0.0520. The molecule has 11 nitrogen and oxygen atoms in total. The van der Waals surface area contributed by atoms with Gasteiger partial charge in [0.1, 0.15) is 22.6 Å². The van der Waals surface area contributed by atoms with Crippen LogP contribution < -0.4 is 10.5 Å². The van der Waals surface area contributed by atoms with E-state index in [1.807, 2.05) is 48.3 Å². The molecule has 1 amide bonds. The second-order valence-corrected chi connectivity index (χ2v) is 13.9. The molecule has 11 heteroatoms. The van der Waals surface area contributed by atoms with Crippen LogP contribution in [0.25, 0.3) is 55.7 Å². The van der Waals surface area contributed by atoms with Crippen LogP contribution in [-0.4, -0.2) is 73.2 Å². The Balaban J connectivity index is 1.12. The highest BCUT2D eigenvalue weighted by Gasteiger charge is 2.47. The zero-order valence-electron chi connectivity index (χ0n) is 27.9. The van der Waals surface area contributed by atoms with E-state index < -0.39 is 0 Å². The quantitative estimate of drug-likeness (QED) is 0.195. The minimum absolute atomic E-state index is 0.00966. The minimum atomic E-state index is -0.365. The first-order chi connectivity index (χ1) is 23.8. The van der Waals surface area contributed by atoms with Gasteiger partial charge >= 0.3 is 5.97 Å². The summed E-state index contributed by atoms with van der Waals surface area (Å²) in [6.45, 7) is 3.68. The van der Waals surface area contributed by atoms with Gasteiger partial charge in [0, 0.05) is 59.6 Å². The van der Waals surface area contributed by atoms with E-state index in [0.29, 0.717) is 47.5 Å². The van der Waals surface area contributed by atoms with Crippen LogP contribution in [0.5, 0.6) is 5.75 Å². The number of hydrogen-bond acceptors (Lipinski definition) is 7. The van der Waals surface area contributed by atoms with Crippen molar-refractivity contribution in [2.75, 3.05) is 20.3 Å². The average Bonchev–Trinajstić information content (AvgIpc) is 3.36. The van der Waals surface area contributed by atoms with Crippen LogP contribution in [0.4, 0.5) is 0 Å². The molecule has 9 rings (SSSR count). The molecule has 2 aliphatic carbocycles. The van der Waals surface area contributed by atoms with E-state index in [1.54, 1.807) is 14.0 Å². The van der Waals surface area contributed by atoms with Crippen molar-refractivity contribution in [1.82, 2.24) is 29.0 Å². The summed E-state index contributed by atoms with van der Waals surface area (Å²) < 4.78 is 15.4. The predicted octanol–water partition coefficient (Wildman–Crippen LogP) is 5.90. The number of likely N-dealkylation sites (tertiary alicyclic amines) is 1. The van der Waals surface area contributed by atoms with Crippen molar-refractivity contribution in [3.05, 3.63) is 65.9 Å². The summed E-state index contributed by atoms with van der Waals surface area (Å²) in [6.07, 6.45) is 4.43. The number of carbonyl (C=O) groups is 2. The van der Waals surface area contributed by atoms with Crippen molar-refractivity contribution >= 4 is 44.8 Å². The van der Waals surface area contributed by atoms with Crippen LogP contribution in [-0.2, 0) is 18.3 Å². The zero-order valence-corrected chi connectivity index (χ0v) is 27.9. The maximum atomic E-state index is 13.8. The number of fused-ring (bicyclic) bond motifs is 5. The van der Waals surface area contributed by atoms with Crippen LogP contribution in [0.3, 0.4) is 0 Å². The Morgan fingerprint density at radius 1 is 1.00 bits per heavy atom. The number of amides is 1.